The highest BCUT2D eigenvalue weighted by molar-refractivity contribution is 6.04. The van der Waals surface area contributed by atoms with Gasteiger partial charge in [0.25, 0.3) is 11.8 Å². The van der Waals surface area contributed by atoms with Gasteiger partial charge in [-0.1, -0.05) is 6.07 Å². The molecular formula is C26H25F3N4O5. The predicted molar refractivity (Wildman–Crippen MR) is 130 cm³/mol. The highest BCUT2D eigenvalue weighted by Crippen LogP contribution is 2.43. The molecule has 12 heteroatoms. The normalized spacial score (nSPS) is 18.1. The van der Waals surface area contributed by atoms with Gasteiger partial charge in [-0.2, -0.15) is 13.2 Å². The summed E-state index contributed by atoms with van der Waals surface area (Å²) in [6.45, 7) is 1.99. The van der Waals surface area contributed by atoms with E-state index >= 15 is 0 Å². The van der Waals surface area contributed by atoms with Crippen molar-refractivity contribution < 1.29 is 37.0 Å². The molecule has 3 aromatic rings. The van der Waals surface area contributed by atoms with Crippen LogP contribution in [-0.2, 0) is 11.2 Å². The van der Waals surface area contributed by atoms with Gasteiger partial charge in [0.1, 0.15) is 5.75 Å². The Bertz CT molecular complexity index is 1320. The first-order valence-electron chi connectivity index (χ1n) is 11.5. The van der Waals surface area contributed by atoms with Crippen LogP contribution in [-0.4, -0.2) is 53.0 Å². The number of aromatic nitrogens is 2. The fourth-order valence-corrected chi connectivity index (χ4v) is 4.05. The topological polar surface area (TPSA) is 112 Å². The lowest BCUT2D eigenvalue weighted by atomic mass is 9.83. The first-order chi connectivity index (χ1) is 17.9. The van der Waals surface area contributed by atoms with Crippen LogP contribution >= 0.6 is 0 Å². The van der Waals surface area contributed by atoms with E-state index in [1.165, 1.54) is 25.4 Å². The van der Waals surface area contributed by atoms with Gasteiger partial charge in [0.05, 0.1) is 11.1 Å². The van der Waals surface area contributed by atoms with E-state index in [1.54, 1.807) is 50.4 Å². The number of benzene rings is 1. The molecule has 0 aliphatic carbocycles. The Labute approximate surface area is 216 Å². The number of nitrogens with zero attached hydrogens (tertiary/aromatic N) is 2. The Morgan fingerprint density at radius 3 is 2.45 bits per heavy atom. The van der Waals surface area contributed by atoms with Crippen LogP contribution in [0.3, 0.4) is 0 Å². The second-order valence-corrected chi connectivity index (χ2v) is 9.04. The molecule has 1 aliphatic rings. The molecule has 1 aliphatic heterocycles. The van der Waals surface area contributed by atoms with Gasteiger partial charge < -0.3 is 24.8 Å². The van der Waals surface area contributed by atoms with E-state index in [0.717, 1.165) is 6.20 Å². The zero-order valence-electron chi connectivity index (χ0n) is 20.8. The van der Waals surface area contributed by atoms with Gasteiger partial charge in [-0.15, -0.1) is 0 Å². The highest BCUT2D eigenvalue weighted by atomic mass is 19.4. The third-order valence-electron chi connectivity index (χ3n) is 6.11. The molecule has 0 saturated carbocycles. The molecule has 0 fully saturated rings. The molecule has 2 amide bonds. The molecule has 4 rings (SSSR count). The third-order valence-corrected chi connectivity index (χ3v) is 6.11. The number of amides is 2. The summed E-state index contributed by atoms with van der Waals surface area (Å²) < 4.78 is 53.8. The van der Waals surface area contributed by atoms with Crippen molar-refractivity contribution in [2.45, 2.75) is 37.8 Å². The molecule has 2 N–H and O–H groups in total. The maximum Gasteiger partial charge on any atom is 0.422 e. The van der Waals surface area contributed by atoms with Gasteiger partial charge in [0.15, 0.2) is 17.9 Å². The van der Waals surface area contributed by atoms with Crippen LogP contribution in [0.5, 0.6) is 11.6 Å². The summed E-state index contributed by atoms with van der Waals surface area (Å²) in [4.78, 5) is 33.7. The molecule has 200 valence electrons. The van der Waals surface area contributed by atoms with Crippen LogP contribution in [0.2, 0.25) is 0 Å². The van der Waals surface area contributed by atoms with Gasteiger partial charge in [0, 0.05) is 49.4 Å². The summed E-state index contributed by atoms with van der Waals surface area (Å²) in [5.41, 5.74) is -0.961. The van der Waals surface area contributed by atoms with Crippen molar-refractivity contribution in [3.8, 4) is 11.6 Å². The number of alkyl halides is 3. The number of anilines is 1. The summed E-state index contributed by atoms with van der Waals surface area (Å²) in [5.74, 6) is -0.737. The highest BCUT2D eigenvalue weighted by Gasteiger charge is 2.53. The molecule has 1 aromatic carbocycles. The first-order valence-corrected chi connectivity index (χ1v) is 11.5. The third kappa shape index (κ3) is 5.70. The van der Waals surface area contributed by atoms with Gasteiger partial charge >= 0.3 is 6.18 Å². The molecule has 0 bridgehead atoms. The zero-order chi connectivity index (χ0) is 27.6. The lowest BCUT2D eigenvalue weighted by Crippen LogP contribution is -2.68. The standard InChI is InChI=1S/C26H25F3N4O5/c1-24(2)25(36-3,33-23(35)17-9-10-21(31-14-17)37-15-26(27,28)29)12-18-19(7-4-8-20(18)38-24)32-22(34)16-6-5-11-30-13-16/h4-11,13-14H,12,15H2,1-3H3,(H,32,34)(H,33,35)/t25-/m0/s1. The molecule has 0 saturated heterocycles. The molecular weight excluding hydrogens is 505 g/mol. The van der Waals surface area contributed by atoms with Gasteiger partial charge in [-0.25, -0.2) is 4.98 Å². The van der Waals surface area contributed by atoms with E-state index in [0.29, 0.717) is 22.6 Å². The largest absolute Gasteiger partial charge is 0.482 e. The molecule has 38 heavy (non-hydrogen) atoms. The lowest BCUT2D eigenvalue weighted by Gasteiger charge is -2.49. The van der Waals surface area contributed by atoms with Crippen molar-refractivity contribution in [1.29, 1.82) is 0 Å². The molecule has 3 heterocycles. The Balaban J connectivity index is 1.57. The molecule has 0 unspecified atom stereocenters. The molecule has 2 aromatic heterocycles. The SMILES string of the molecule is CO[C@@]1(NC(=O)c2ccc(OCC(F)(F)F)nc2)Cc2c(NC(=O)c3cccnc3)cccc2OC1(C)C. The van der Waals surface area contributed by atoms with Crippen molar-refractivity contribution in [2.75, 3.05) is 19.0 Å². The average molecular weight is 531 g/mol. The summed E-state index contributed by atoms with van der Waals surface area (Å²) in [6.07, 6.45) is -0.277. The van der Waals surface area contributed by atoms with Crippen molar-refractivity contribution in [3.05, 3.63) is 77.7 Å². The number of hydrogen-bond acceptors (Lipinski definition) is 7. The number of pyridine rings is 2. The fourth-order valence-electron chi connectivity index (χ4n) is 4.05. The van der Waals surface area contributed by atoms with Crippen LogP contribution in [0.25, 0.3) is 0 Å². The second-order valence-electron chi connectivity index (χ2n) is 9.04. The Morgan fingerprint density at radius 1 is 1.05 bits per heavy atom. The second kappa shape index (κ2) is 10.3. The molecule has 9 nitrogen and oxygen atoms in total. The quantitative estimate of drug-likeness (QED) is 0.442. The van der Waals surface area contributed by atoms with E-state index in [2.05, 4.69) is 25.3 Å². The van der Waals surface area contributed by atoms with Crippen molar-refractivity contribution in [3.63, 3.8) is 0 Å². The monoisotopic (exact) mass is 530 g/mol. The molecule has 1 atom stereocenters. The maximum absolute atomic E-state index is 13.2. The number of ether oxygens (including phenoxy) is 3. The summed E-state index contributed by atoms with van der Waals surface area (Å²) >= 11 is 0. The Kier molecular flexibility index (Phi) is 7.27. The van der Waals surface area contributed by atoms with E-state index in [-0.39, 0.29) is 23.8 Å². The zero-order valence-corrected chi connectivity index (χ0v) is 20.8. The van der Waals surface area contributed by atoms with Crippen LogP contribution < -0.4 is 20.1 Å². The van der Waals surface area contributed by atoms with E-state index in [4.69, 9.17) is 9.47 Å². The predicted octanol–water partition coefficient (Wildman–Crippen LogP) is 4.16. The molecule has 0 radical (unpaired) electrons. The van der Waals surface area contributed by atoms with Crippen LogP contribution in [0.4, 0.5) is 18.9 Å². The number of carbonyl (C=O) groups excluding carboxylic acids is 2. The van der Waals surface area contributed by atoms with E-state index < -0.39 is 30.0 Å². The minimum atomic E-state index is -4.51. The summed E-state index contributed by atoms with van der Waals surface area (Å²) in [7, 11) is 1.42. The average Bonchev–Trinajstić information content (AvgIpc) is 2.88. The minimum absolute atomic E-state index is 0.0700. The summed E-state index contributed by atoms with van der Waals surface area (Å²) in [5, 5.41) is 5.71. The van der Waals surface area contributed by atoms with Crippen LogP contribution in [0.15, 0.2) is 61.1 Å². The van der Waals surface area contributed by atoms with Gasteiger partial charge in [-0.3, -0.25) is 14.6 Å². The number of methoxy groups -OCH3 is 1. The Hall–Kier alpha value is -4.19. The van der Waals surface area contributed by atoms with Crippen LogP contribution in [0.1, 0.15) is 40.1 Å². The number of hydrogen-bond donors (Lipinski definition) is 2. The van der Waals surface area contributed by atoms with Crippen molar-refractivity contribution in [2.24, 2.45) is 0 Å². The van der Waals surface area contributed by atoms with E-state index in [1.807, 2.05) is 0 Å². The van der Waals surface area contributed by atoms with Gasteiger partial charge in [-0.05, 0) is 44.2 Å². The lowest BCUT2D eigenvalue weighted by molar-refractivity contribution is -0.161. The number of rotatable bonds is 7. The number of nitrogens with one attached hydrogen (secondary N) is 2. The minimum Gasteiger partial charge on any atom is -0.482 e. The molecule has 0 spiro atoms. The fraction of sp³-hybridized carbons (Fsp3) is 0.308. The maximum atomic E-state index is 13.2. The first kappa shape index (κ1) is 26.9. The van der Waals surface area contributed by atoms with Crippen molar-refractivity contribution >= 4 is 17.5 Å². The number of halogens is 3. The van der Waals surface area contributed by atoms with Crippen molar-refractivity contribution in [1.82, 2.24) is 15.3 Å². The van der Waals surface area contributed by atoms with Gasteiger partial charge in [0.2, 0.25) is 5.88 Å². The number of carbonyl (C=O) groups is 2. The smallest absolute Gasteiger partial charge is 0.422 e. The summed E-state index contributed by atoms with van der Waals surface area (Å²) in [6, 6.07) is 10.9. The Morgan fingerprint density at radius 2 is 1.82 bits per heavy atom. The number of fused-ring (bicyclic) bond motifs is 1. The van der Waals surface area contributed by atoms with E-state index in [9.17, 15) is 22.8 Å². The van der Waals surface area contributed by atoms with Crippen LogP contribution in [0, 0.1) is 0 Å².